The van der Waals surface area contributed by atoms with Crippen LogP contribution in [0.4, 0.5) is 10.8 Å². The molecule has 0 unspecified atom stereocenters. The van der Waals surface area contributed by atoms with E-state index in [1.165, 1.54) is 23.4 Å². The molecule has 0 aliphatic heterocycles. The minimum atomic E-state index is 0.414. The first-order valence-corrected chi connectivity index (χ1v) is 8.02. The van der Waals surface area contributed by atoms with Gasteiger partial charge in [-0.2, -0.15) is 0 Å². The Morgan fingerprint density at radius 2 is 2.15 bits per heavy atom. The van der Waals surface area contributed by atoms with Crippen molar-refractivity contribution in [2.45, 2.75) is 32.6 Å². The van der Waals surface area contributed by atoms with E-state index < -0.39 is 0 Å². The molecule has 0 saturated heterocycles. The molecule has 3 nitrogen and oxygen atoms in total. The summed E-state index contributed by atoms with van der Waals surface area (Å²) in [6, 6.07) is 5.98. The lowest BCUT2D eigenvalue weighted by atomic mass is 10.0. The van der Waals surface area contributed by atoms with Crippen LogP contribution < -0.4 is 11.1 Å². The Morgan fingerprint density at radius 1 is 1.35 bits per heavy atom. The molecule has 3 rings (SSSR count). The molecule has 0 fully saturated rings. The Kier molecular flexibility index (Phi) is 3.72. The standard InChI is InChI=1S/C15H17N3S2/c1-9-5-4-6-10(14(16)19)13(9)18-15-17-11-7-2-3-8-12(11)20-15/h4-6H,2-3,7-8H2,1H3,(H2,16,19)(H,17,18). The maximum absolute atomic E-state index is 5.81. The highest BCUT2D eigenvalue weighted by atomic mass is 32.1. The van der Waals surface area contributed by atoms with E-state index in [-0.39, 0.29) is 0 Å². The number of aryl methyl sites for hydroxylation is 3. The molecule has 0 saturated carbocycles. The van der Waals surface area contributed by atoms with Crippen LogP contribution >= 0.6 is 23.6 Å². The monoisotopic (exact) mass is 303 g/mol. The van der Waals surface area contributed by atoms with Gasteiger partial charge in [-0.1, -0.05) is 24.4 Å². The van der Waals surface area contributed by atoms with Gasteiger partial charge in [-0.25, -0.2) is 4.98 Å². The Balaban J connectivity index is 1.95. The summed E-state index contributed by atoms with van der Waals surface area (Å²) in [5, 5.41) is 4.37. The predicted molar refractivity (Wildman–Crippen MR) is 89.1 cm³/mol. The van der Waals surface area contributed by atoms with Gasteiger partial charge in [0.15, 0.2) is 5.13 Å². The van der Waals surface area contributed by atoms with Crippen molar-refractivity contribution in [3.63, 3.8) is 0 Å². The summed E-state index contributed by atoms with van der Waals surface area (Å²) < 4.78 is 0. The van der Waals surface area contributed by atoms with Gasteiger partial charge in [0.2, 0.25) is 0 Å². The maximum atomic E-state index is 5.81. The van der Waals surface area contributed by atoms with Crippen LogP contribution in [0.15, 0.2) is 18.2 Å². The summed E-state index contributed by atoms with van der Waals surface area (Å²) in [4.78, 5) is 6.55. The minimum absolute atomic E-state index is 0.414. The molecule has 1 aromatic carbocycles. The zero-order valence-corrected chi connectivity index (χ0v) is 13.0. The number of rotatable bonds is 3. The van der Waals surface area contributed by atoms with Gasteiger partial charge < -0.3 is 11.1 Å². The molecule has 1 heterocycles. The van der Waals surface area contributed by atoms with Gasteiger partial charge in [0.1, 0.15) is 4.99 Å². The molecule has 1 aromatic heterocycles. The zero-order valence-electron chi connectivity index (χ0n) is 11.4. The van der Waals surface area contributed by atoms with E-state index in [4.69, 9.17) is 22.9 Å². The first-order valence-electron chi connectivity index (χ1n) is 6.80. The number of nitrogens with one attached hydrogen (secondary N) is 1. The number of thiocarbonyl (C=S) groups is 1. The normalized spacial score (nSPS) is 13.8. The van der Waals surface area contributed by atoms with Crippen LogP contribution in [0.2, 0.25) is 0 Å². The van der Waals surface area contributed by atoms with Gasteiger partial charge in [-0.15, -0.1) is 11.3 Å². The minimum Gasteiger partial charge on any atom is -0.389 e. The van der Waals surface area contributed by atoms with Crippen molar-refractivity contribution in [1.29, 1.82) is 0 Å². The summed E-state index contributed by atoms with van der Waals surface area (Å²) in [5.41, 5.74) is 10.1. The number of benzene rings is 1. The van der Waals surface area contributed by atoms with Gasteiger partial charge in [-0.3, -0.25) is 0 Å². The Labute approximate surface area is 128 Å². The van der Waals surface area contributed by atoms with Gasteiger partial charge >= 0.3 is 0 Å². The molecule has 0 spiro atoms. The number of anilines is 2. The van der Waals surface area contributed by atoms with Crippen LogP contribution in [-0.2, 0) is 12.8 Å². The van der Waals surface area contributed by atoms with Crippen molar-refractivity contribution in [3.05, 3.63) is 39.9 Å². The van der Waals surface area contributed by atoms with Crippen LogP contribution in [0.1, 0.15) is 34.5 Å². The Morgan fingerprint density at radius 3 is 2.90 bits per heavy atom. The highest BCUT2D eigenvalue weighted by molar-refractivity contribution is 7.80. The number of aromatic nitrogens is 1. The summed E-state index contributed by atoms with van der Waals surface area (Å²) >= 11 is 6.89. The summed E-state index contributed by atoms with van der Waals surface area (Å²) in [6.07, 6.45) is 4.78. The third-order valence-electron chi connectivity index (χ3n) is 3.62. The maximum Gasteiger partial charge on any atom is 0.187 e. The lowest BCUT2D eigenvalue weighted by molar-refractivity contribution is 0.683. The number of nitrogens with two attached hydrogens (primary N) is 1. The third kappa shape index (κ3) is 2.55. The molecular weight excluding hydrogens is 286 g/mol. The lowest BCUT2D eigenvalue weighted by Crippen LogP contribution is -2.12. The Bertz CT molecular complexity index is 638. The zero-order chi connectivity index (χ0) is 14.1. The van der Waals surface area contributed by atoms with E-state index in [0.717, 1.165) is 34.8 Å². The second kappa shape index (κ2) is 5.50. The van der Waals surface area contributed by atoms with Crippen molar-refractivity contribution in [1.82, 2.24) is 4.98 Å². The van der Waals surface area contributed by atoms with E-state index >= 15 is 0 Å². The average Bonchev–Trinajstić information content (AvgIpc) is 2.83. The number of hydrogen-bond acceptors (Lipinski definition) is 4. The first-order chi connectivity index (χ1) is 9.65. The second-order valence-electron chi connectivity index (χ2n) is 5.08. The molecule has 0 amide bonds. The van der Waals surface area contributed by atoms with E-state index in [1.54, 1.807) is 11.3 Å². The lowest BCUT2D eigenvalue weighted by Gasteiger charge is -2.11. The van der Waals surface area contributed by atoms with Crippen molar-refractivity contribution < 1.29 is 0 Å². The molecule has 1 aliphatic carbocycles. The molecule has 3 N–H and O–H groups in total. The largest absolute Gasteiger partial charge is 0.389 e. The van der Waals surface area contributed by atoms with Crippen LogP contribution in [0.25, 0.3) is 0 Å². The smallest absolute Gasteiger partial charge is 0.187 e. The van der Waals surface area contributed by atoms with Crippen LogP contribution in [0.5, 0.6) is 0 Å². The fourth-order valence-corrected chi connectivity index (χ4v) is 3.78. The second-order valence-corrected chi connectivity index (χ2v) is 6.61. The van der Waals surface area contributed by atoms with Crippen LogP contribution in [0, 0.1) is 6.92 Å². The molecule has 104 valence electrons. The highest BCUT2D eigenvalue weighted by Gasteiger charge is 2.16. The van der Waals surface area contributed by atoms with Crippen LogP contribution in [0.3, 0.4) is 0 Å². The molecule has 1 aliphatic rings. The fourth-order valence-electron chi connectivity index (χ4n) is 2.55. The van der Waals surface area contributed by atoms with Gasteiger partial charge in [0, 0.05) is 10.4 Å². The topological polar surface area (TPSA) is 50.9 Å². The van der Waals surface area contributed by atoms with Crippen molar-refractivity contribution >= 4 is 39.4 Å². The van der Waals surface area contributed by atoms with Gasteiger partial charge in [0.25, 0.3) is 0 Å². The number of thiazole rings is 1. The SMILES string of the molecule is Cc1cccc(C(N)=S)c1Nc1nc2c(s1)CCCC2. The molecule has 20 heavy (non-hydrogen) atoms. The quantitative estimate of drug-likeness (QED) is 0.849. The van der Waals surface area contributed by atoms with Crippen molar-refractivity contribution in [3.8, 4) is 0 Å². The van der Waals surface area contributed by atoms with Gasteiger partial charge in [-0.05, 0) is 44.2 Å². The van der Waals surface area contributed by atoms with E-state index in [0.29, 0.717) is 4.99 Å². The third-order valence-corrected chi connectivity index (χ3v) is 4.91. The first kappa shape index (κ1) is 13.5. The summed E-state index contributed by atoms with van der Waals surface area (Å²) in [7, 11) is 0. The summed E-state index contributed by atoms with van der Waals surface area (Å²) in [5.74, 6) is 0. The van der Waals surface area contributed by atoms with E-state index in [2.05, 4.69) is 18.3 Å². The molecule has 0 radical (unpaired) electrons. The molecule has 0 atom stereocenters. The molecule has 2 aromatic rings. The molecule has 5 heteroatoms. The van der Waals surface area contributed by atoms with Crippen molar-refractivity contribution in [2.75, 3.05) is 5.32 Å². The number of nitrogens with zero attached hydrogens (tertiary/aromatic N) is 1. The van der Waals surface area contributed by atoms with E-state index in [9.17, 15) is 0 Å². The number of fused-ring (bicyclic) bond motifs is 1. The van der Waals surface area contributed by atoms with E-state index in [1.807, 2.05) is 12.1 Å². The number of hydrogen-bond donors (Lipinski definition) is 2. The fraction of sp³-hybridized carbons (Fsp3) is 0.333. The Hall–Kier alpha value is -1.46. The molecule has 0 bridgehead atoms. The van der Waals surface area contributed by atoms with Crippen LogP contribution in [-0.4, -0.2) is 9.97 Å². The number of para-hydroxylation sites is 1. The van der Waals surface area contributed by atoms with Crippen molar-refractivity contribution in [2.24, 2.45) is 5.73 Å². The highest BCUT2D eigenvalue weighted by Crippen LogP contribution is 2.33. The van der Waals surface area contributed by atoms with Gasteiger partial charge in [0.05, 0.1) is 11.4 Å². The summed E-state index contributed by atoms with van der Waals surface area (Å²) in [6.45, 7) is 2.05. The average molecular weight is 303 g/mol. The molecular formula is C15H17N3S2. The predicted octanol–water partition coefficient (Wildman–Crippen LogP) is 3.71.